The second-order valence-electron chi connectivity index (χ2n) is 5.18. The first-order chi connectivity index (χ1) is 8.83. The number of fused-ring (bicyclic) bond motifs is 2. The molecule has 1 spiro atoms. The molecule has 2 aliphatic carbocycles. The topological polar surface area (TPSA) is 0 Å². The van der Waals surface area contributed by atoms with Crippen LogP contribution in [0.4, 0.5) is 0 Å². The van der Waals surface area contributed by atoms with E-state index in [1.807, 2.05) is 0 Å². The number of allylic oxidation sites excluding steroid dienone is 1. The molecule has 0 bridgehead atoms. The van der Waals surface area contributed by atoms with Gasteiger partial charge in [-0.2, -0.15) is 0 Å². The van der Waals surface area contributed by atoms with Crippen molar-refractivity contribution < 1.29 is 0 Å². The minimum absolute atomic E-state index is 0.307. The third kappa shape index (κ3) is 1.26. The van der Waals surface area contributed by atoms with Crippen molar-refractivity contribution in [2.24, 2.45) is 0 Å². The molecule has 4 rings (SSSR count). The highest BCUT2D eigenvalue weighted by atomic mass is 79.9. The molecule has 0 atom stereocenters. The van der Waals surface area contributed by atoms with Crippen LogP contribution in [-0.4, -0.2) is 0 Å². The minimum atomic E-state index is 0.307. The second kappa shape index (κ2) is 3.58. The normalized spacial score (nSPS) is 19.2. The molecule has 0 amide bonds. The Morgan fingerprint density at radius 3 is 2.22 bits per heavy atom. The molecule has 0 heterocycles. The van der Waals surface area contributed by atoms with Gasteiger partial charge in [0.15, 0.2) is 0 Å². The fraction of sp³-hybridized carbons (Fsp3) is 0.176. The number of halogens is 1. The zero-order chi connectivity index (χ0) is 12.2. The average molecular weight is 297 g/mol. The maximum Gasteiger partial charge on any atom is 0.0282 e. The Labute approximate surface area is 115 Å². The summed E-state index contributed by atoms with van der Waals surface area (Å²) in [5, 5.41) is 0. The standard InChI is InChI=1S/C17H13Br/c18-16-15(12-6-2-1-3-7-12)13-8-4-5-9-14(13)17(16)10-11-17/h1-9H,10-11H2. The fourth-order valence-corrected chi connectivity index (χ4v) is 4.15. The van der Waals surface area contributed by atoms with E-state index < -0.39 is 0 Å². The summed E-state index contributed by atoms with van der Waals surface area (Å²) in [5.41, 5.74) is 5.94. The van der Waals surface area contributed by atoms with E-state index in [0.29, 0.717) is 5.41 Å². The fourth-order valence-electron chi connectivity index (χ4n) is 3.10. The van der Waals surface area contributed by atoms with Crippen LogP contribution in [0.3, 0.4) is 0 Å². The smallest absolute Gasteiger partial charge is 0.0282 e. The molecule has 1 fully saturated rings. The summed E-state index contributed by atoms with van der Waals surface area (Å²) in [5.74, 6) is 0. The largest absolute Gasteiger partial charge is 0.0622 e. The van der Waals surface area contributed by atoms with Crippen LogP contribution in [0.5, 0.6) is 0 Å². The predicted octanol–water partition coefficient (Wildman–Crippen LogP) is 4.89. The van der Waals surface area contributed by atoms with Gasteiger partial charge in [0, 0.05) is 15.5 Å². The SMILES string of the molecule is BrC1=C(c2ccccc2)c2ccccc2C12CC2. The summed E-state index contributed by atoms with van der Waals surface area (Å²) in [6.07, 6.45) is 2.56. The summed E-state index contributed by atoms with van der Waals surface area (Å²) in [7, 11) is 0. The van der Waals surface area contributed by atoms with Gasteiger partial charge >= 0.3 is 0 Å². The number of hydrogen-bond donors (Lipinski definition) is 0. The third-order valence-corrected chi connectivity index (χ3v) is 5.32. The lowest BCUT2D eigenvalue weighted by Gasteiger charge is -2.08. The molecule has 0 saturated heterocycles. The van der Waals surface area contributed by atoms with Gasteiger partial charge in [-0.1, -0.05) is 70.5 Å². The van der Waals surface area contributed by atoms with Crippen LogP contribution in [-0.2, 0) is 5.41 Å². The van der Waals surface area contributed by atoms with Crippen molar-refractivity contribution in [3.8, 4) is 0 Å². The van der Waals surface area contributed by atoms with Crippen molar-refractivity contribution in [3.05, 3.63) is 75.8 Å². The molecule has 88 valence electrons. The number of rotatable bonds is 1. The van der Waals surface area contributed by atoms with Gasteiger partial charge in [0.25, 0.3) is 0 Å². The van der Waals surface area contributed by atoms with E-state index in [-0.39, 0.29) is 0 Å². The van der Waals surface area contributed by atoms with E-state index in [2.05, 4.69) is 70.5 Å². The van der Waals surface area contributed by atoms with Gasteiger partial charge in [0.05, 0.1) is 0 Å². The molecule has 0 radical (unpaired) electrons. The first-order valence-electron chi connectivity index (χ1n) is 6.38. The summed E-state index contributed by atoms with van der Waals surface area (Å²) < 4.78 is 1.39. The molecule has 1 heteroatoms. The predicted molar refractivity (Wildman–Crippen MR) is 78.7 cm³/mol. The molecule has 2 aliphatic rings. The first kappa shape index (κ1) is 10.6. The molecule has 18 heavy (non-hydrogen) atoms. The number of hydrogen-bond acceptors (Lipinski definition) is 0. The Kier molecular flexibility index (Phi) is 2.10. The van der Waals surface area contributed by atoms with E-state index in [1.54, 1.807) is 0 Å². The minimum Gasteiger partial charge on any atom is -0.0622 e. The van der Waals surface area contributed by atoms with Crippen molar-refractivity contribution in [1.29, 1.82) is 0 Å². The van der Waals surface area contributed by atoms with Gasteiger partial charge in [0.1, 0.15) is 0 Å². The van der Waals surface area contributed by atoms with Crippen LogP contribution in [0.1, 0.15) is 29.5 Å². The third-order valence-electron chi connectivity index (χ3n) is 4.16. The van der Waals surface area contributed by atoms with Crippen molar-refractivity contribution in [1.82, 2.24) is 0 Å². The lowest BCUT2D eigenvalue weighted by Crippen LogP contribution is -2.01. The first-order valence-corrected chi connectivity index (χ1v) is 7.18. The van der Waals surface area contributed by atoms with Gasteiger partial charge in [-0.25, -0.2) is 0 Å². The van der Waals surface area contributed by atoms with Gasteiger partial charge < -0.3 is 0 Å². The van der Waals surface area contributed by atoms with Crippen LogP contribution in [0, 0.1) is 0 Å². The number of benzene rings is 2. The van der Waals surface area contributed by atoms with E-state index >= 15 is 0 Å². The Hall–Kier alpha value is -1.34. The Balaban J connectivity index is 2.01. The quantitative estimate of drug-likeness (QED) is 0.703. The Morgan fingerprint density at radius 2 is 1.50 bits per heavy atom. The lowest BCUT2D eigenvalue weighted by atomic mass is 9.97. The molecule has 0 N–H and O–H groups in total. The highest BCUT2D eigenvalue weighted by Gasteiger charge is 2.52. The summed E-state index contributed by atoms with van der Waals surface area (Å²) >= 11 is 3.89. The van der Waals surface area contributed by atoms with Crippen LogP contribution >= 0.6 is 15.9 Å². The second-order valence-corrected chi connectivity index (χ2v) is 5.98. The molecule has 0 aromatic heterocycles. The molecular formula is C17H13Br. The van der Waals surface area contributed by atoms with Gasteiger partial charge in [-0.05, 0) is 29.5 Å². The Bertz CT molecular complexity index is 648. The van der Waals surface area contributed by atoms with Crippen molar-refractivity contribution in [3.63, 3.8) is 0 Å². The molecule has 2 aromatic carbocycles. The van der Waals surface area contributed by atoms with E-state index in [1.165, 1.54) is 39.6 Å². The monoisotopic (exact) mass is 296 g/mol. The van der Waals surface area contributed by atoms with Gasteiger partial charge in [0.2, 0.25) is 0 Å². The molecule has 0 aliphatic heterocycles. The summed E-state index contributed by atoms with van der Waals surface area (Å²) in [6.45, 7) is 0. The highest BCUT2D eigenvalue weighted by Crippen LogP contribution is 2.64. The lowest BCUT2D eigenvalue weighted by molar-refractivity contribution is 0.901. The van der Waals surface area contributed by atoms with Crippen LogP contribution < -0.4 is 0 Å². The van der Waals surface area contributed by atoms with Gasteiger partial charge in [-0.3, -0.25) is 0 Å². The van der Waals surface area contributed by atoms with Crippen LogP contribution in [0.25, 0.3) is 5.57 Å². The summed E-state index contributed by atoms with van der Waals surface area (Å²) in [4.78, 5) is 0. The molecule has 0 nitrogen and oxygen atoms in total. The molecule has 2 aromatic rings. The molecule has 0 unspecified atom stereocenters. The van der Waals surface area contributed by atoms with E-state index in [9.17, 15) is 0 Å². The zero-order valence-electron chi connectivity index (χ0n) is 9.99. The Morgan fingerprint density at radius 1 is 0.833 bits per heavy atom. The molecular weight excluding hydrogens is 284 g/mol. The maximum absolute atomic E-state index is 3.89. The maximum atomic E-state index is 3.89. The van der Waals surface area contributed by atoms with Crippen molar-refractivity contribution in [2.45, 2.75) is 18.3 Å². The van der Waals surface area contributed by atoms with E-state index in [4.69, 9.17) is 0 Å². The van der Waals surface area contributed by atoms with Crippen LogP contribution in [0.15, 0.2) is 59.1 Å². The average Bonchev–Trinajstić information content (AvgIpc) is 3.18. The highest BCUT2D eigenvalue weighted by molar-refractivity contribution is 9.12. The van der Waals surface area contributed by atoms with E-state index in [0.717, 1.165) is 0 Å². The summed E-state index contributed by atoms with van der Waals surface area (Å²) in [6, 6.07) is 19.6. The van der Waals surface area contributed by atoms with Gasteiger partial charge in [-0.15, -0.1) is 0 Å². The molecule has 1 saturated carbocycles. The van der Waals surface area contributed by atoms with Crippen molar-refractivity contribution >= 4 is 21.5 Å². The van der Waals surface area contributed by atoms with Crippen molar-refractivity contribution in [2.75, 3.05) is 0 Å². The van der Waals surface area contributed by atoms with Crippen LogP contribution in [0.2, 0.25) is 0 Å². The zero-order valence-corrected chi connectivity index (χ0v) is 11.6.